The van der Waals surface area contributed by atoms with E-state index in [1.807, 2.05) is 42.5 Å². The first-order chi connectivity index (χ1) is 9.00. The molecular formula is C14H15BrN2OS. The Morgan fingerprint density at radius 1 is 1.32 bits per heavy atom. The summed E-state index contributed by atoms with van der Waals surface area (Å²) in [5.74, 6) is -0.178. The zero-order valence-corrected chi connectivity index (χ0v) is 12.9. The molecule has 5 heteroatoms. The van der Waals surface area contributed by atoms with Gasteiger partial charge < -0.3 is 11.1 Å². The van der Waals surface area contributed by atoms with Gasteiger partial charge in [0.1, 0.15) is 5.54 Å². The first-order valence-corrected chi connectivity index (χ1v) is 7.48. The van der Waals surface area contributed by atoms with E-state index in [4.69, 9.17) is 5.73 Å². The molecule has 2 aromatic rings. The van der Waals surface area contributed by atoms with Gasteiger partial charge in [-0.15, -0.1) is 11.3 Å². The van der Waals surface area contributed by atoms with Crippen molar-refractivity contribution >= 4 is 33.2 Å². The molecule has 3 N–H and O–H groups in total. The van der Waals surface area contributed by atoms with E-state index in [0.29, 0.717) is 6.54 Å². The lowest BCUT2D eigenvalue weighted by Crippen LogP contribution is -2.48. The van der Waals surface area contributed by atoms with E-state index < -0.39 is 5.54 Å². The summed E-state index contributed by atoms with van der Waals surface area (Å²) >= 11 is 4.99. The smallest absolute Gasteiger partial charge is 0.244 e. The van der Waals surface area contributed by atoms with Gasteiger partial charge >= 0.3 is 0 Å². The van der Waals surface area contributed by atoms with Crippen molar-refractivity contribution in [3.05, 3.63) is 56.7 Å². The Morgan fingerprint density at radius 3 is 2.58 bits per heavy atom. The van der Waals surface area contributed by atoms with Gasteiger partial charge in [-0.1, -0.05) is 30.3 Å². The van der Waals surface area contributed by atoms with E-state index in [0.717, 1.165) is 14.2 Å². The first kappa shape index (κ1) is 14.2. The zero-order valence-electron chi connectivity index (χ0n) is 10.5. The third kappa shape index (κ3) is 3.43. The lowest BCUT2D eigenvalue weighted by Gasteiger charge is -2.23. The van der Waals surface area contributed by atoms with Crippen LogP contribution in [0.25, 0.3) is 0 Å². The molecule has 0 saturated heterocycles. The molecule has 0 fully saturated rings. The number of nitrogens with two attached hydrogens (primary N) is 1. The van der Waals surface area contributed by atoms with Crippen molar-refractivity contribution < 1.29 is 4.79 Å². The van der Waals surface area contributed by atoms with Crippen molar-refractivity contribution in [3.63, 3.8) is 0 Å². The highest BCUT2D eigenvalue weighted by atomic mass is 79.9. The first-order valence-electron chi connectivity index (χ1n) is 5.87. The molecular weight excluding hydrogens is 324 g/mol. The highest BCUT2D eigenvalue weighted by Gasteiger charge is 2.29. The summed E-state index contributed by atoms with van der Waals surface area (Å²) in [4.78, 5) is 13.3. The Balaban J connectivity index is 2.03. The quantitative estimate of drug-likeness (QED) is 0.900. The fraction of sp³-hybridized carbons (Fsp3) is 0.214. The summed E-state index contributed by atoms with van der Waals surface area (Å²) in [5.41, 5.74) is 5.92. The number of hydrogen-bond donors (Lipinski definition) is 2. The van der Waals surface area contributed by atoms with Crippen LogP contribution in [-0.4, -0.2) is 5.91 Å². The van der Waals surface area contributed by atoms with E-state index >= 15 is 0 Å². The molecule has 0 aliphatic rings. The van der Waals surface area contributed by atoms with Crippen molar-refractivity contribution in [2.45, 2.75) is 19.0 Å². The SMILES string of the molecule is CC(N)(C(=O)NCc1ccc(Br)s1)c1ccccc1. The molecule has 1 aromatic carbocycles. The minimum absolute atomic E-state index is 0.178. The molecule has 1 unspecified atom stereocenters. The minimum Gasteiger partial charge on any atom is -0.349 e. The van der Waals surface area contributed by atoms with E-state index in [2.05, 4.69) is 21.2 Å². The summed E-state index contributed by atoms with van der Waals surface area (Å²) in [6.45, 7) is 2.22. The van der Waals surface area contributed by atoms with Gasteiger partial charge in [-0.3, -0.25) is 4.79 Å². The molecule has 0 aliphatic heterocycles. The normalized spacial score (nSPS) is 13.8. The van der Waals surface area contributed by atoms with Crippen molar-refractivity contribution in [1.29, 1.82) is 0 Å². The molecule has 0 saturated carbocycles. The molecule has 1 atom stereocenters. The van der Waals surface area contributed by atoms with Crippen molar-refractivity contribution in [1.82, 2.24) is 5.32 Å². The van der Waals surface area contributed by atoms with Crippen LogP contribution in [0.1, 0.15) is 17.4 Å². The number of carbonyl (C=O) groups excluding carboxylic acids is 1. The van der Waals surface area contributed by atoms with Crippen LogP contribution in [0.5, 0.6) is 0 Å². The predicted octanol–water partition coefficient (Wildman–Crippen LogP) is 3.00. The Kier molecular flexibility index (Phi) is 4.39. The van der Waals surface area contributed by atoms with E-state index in [-0.39, 0.29) is 5.91 Å². The maximum atomic E-state index is 12.2. The van der Waals surface area contributed by atoms with Gasteiger partial charge in [-0.2, -0.15) is 0 Å². The summed E-state index contributed by atoms with van der Waals surface area (Å²) in [5, 5.41) is 2.88. The number of hydrogen-bond acceptors (Lipinski definition) is 3. The summed E-state index contributed by atoms with van der Waals surface area (Å²) in [7, 11) is 0. The second-order valence-corrected chi connectivity index (χ2v) is 7.00. The van der Waals surface area contributed by atoms with Crippen LogP contribution in [0.15, 0.2) is 46.3 Å². The lowest BCUT2D eigenvalue weighted by atomic mass is 9.92. The number of benzene rings is 1. The maximum absolute atomic E-state index is 12.2. The molecule has 1 amide bonds. The second kappa shape index (κ2) is 5.86. The van der Waals surface area contributed by atoms with E-state index in [9.17, 15) is 4.79 Å². The Morgan fingerprint density at radius 2 is 2.00 bits per heavy atom. The average Bonchev–Trinajstić information content (AvgIpc) is 2.82. The van der Waals surface area contributed by atoms with Crippen LogP contribution in [0, 0.1) is 0 Å². The van der Waals surface area contributed by atoms with E-state index in [1.165, 1.54) is 0 Å². The van der Waals surface area contributed by atoms with Crippen molar-refractivity contribution in [2.75, 3.05) is 0 Å². The second-order valence-electron chi connectivity index (χ2n) is 4.46. The van der Waals surface area contributed by atoms with Gasteiger partial charge in [0, 0.05) is 4.88 Å². The highest BCUT2D eigenvalue weighted by molar-refractivity contribution is 9.11. The van der Waals surface area contributed by atoms with Gasteiger partial charge in [0.15, 0.2) is 0 Å². The van der Waals surface area contributed by atoms with Gasteiger partial charge in [0.25, 0.3) is 0 Å². The Bertz CT molecular complexity index is 566. The van der Waals surface area contributed by atoms with Gasteiger partial charge in [0.2, 0.25) is 5.91 Å². The number of nitrogens with one attached hydrogen (secondary N) is 1. The fourth-order valence-electron chi connectivity index (χ4n) is 1.71. The summed E-state index contributed by atoms with van der Waals surface area (Å²) < 4.78 is 1.05. The minimum atomic E-state index is -1.02. The largest absolute Gasteiger partial charge is 0.349 e. The van der Waals surface area contributed by atoms with Crippen LogP contribution in [0.2, 0.25) is 0 Å². The monoisotopic (exact) mass is 338 g/mol. The topological polar surface area (TPSA) is 55.1 Å². The number of amides is 1. The maximum Gasteiger partial charge on any atom is 0.244 e. The van der Waals surface area contributed by atoms with Gasteiger partial charge in [0.05, 0.1) is 10.3 Å². The van der Waals surface area contributed by atoms with E-state index in [1.54, 1.807) is 18.3 Å². The van der Waals surface area contributed by atoms with Crippen LogP contribution >= 0.6 is 27.3 Å². The molecule has 2 rings (SSSR count). The molecule has 3 nitrogen and oxygen atoms in total. The van der Waals surface area contributed by atoms with Gasteiger partial charge in [-0.05, 0) is 40.5 Å². The van der Waals surface area contributed by atoms with Crippen LogP contribution in [-0.2, 0) is 16.9 Å². The molecule has 100 valence electrons. The zero-order chi connectivity index (χ0) is 13.9. The third-order valence-corrected chi connectivity index (χ3v) is 4.52. The van der Waals surface area contributed by atoms with Crippen LogP contribution < -0.4 is 11.1 Å². The number of halogens is 1. The van der Waals surface area contributed by atoms with Crippen molar-refractivity contribution in [3.8, 4) is 0 Å². The third-order valence-electron chi connectivity index (χ3n) is 2.90. The summed E-state index contributed by atoms with van der Waals surface area (Å²) in [6.07, 6.45) is 0. The molecule has 1 aromatic heterocycles. The highest BCUT2D eigenvalue weighted by Crippen LogP contribution is 2.22. The average molecular weight is 339 g/mol. The van der Waals surface area contributed by atoms with Crippen LogP contribution in [0.3, 0.4) is 0 Å². The Labute approximate surface area is 125 Å². The molecule has 0 bridgehead atoms. The number of carbonyl (C=O) groups is 1. The predicted molar refractivity (Wildman–Crippen MR) is 81.8 cm³/mol. The van der Waals surface area contributed by atoms with Crippen molar-refractivity contribution in [2.24, 2.45) is 5.73 Å². The molecule has 0 aliphatic carbocycles. The fourth-order valence-corrected chi connectivity index (χ4v) is 3.14. The van der Waals surface area contributed by atoms with Gasteiger partial charge in [-0.25, -0.2) is 0 Å². The lowest BCUT2D eigenvalue weighted by molar-refractivity contribution is -0.126. The number of thiophene rings is 1. The molecule has 0 radical (unpaired) electrons. The molecule has 1 heterocycles. The Hall–Kier alpha value is -1.17. The standard InChI is InChI=1S/C14H15BrN2OS/c1-14(16,10-5-3-2-4-6-10)13(18)17-9-11-7-8-12(15)19-11/h2-8H,9,16H2,1H3,(H,17,18). The van der Waals surface area contributed by atoms with Crippen LogP contribution in [0.4, 0.5) is 0 Å². The number of rotatable bonds is 4. The molecule has 19 heavy (non-hydrogen) atoms. The summed E-state index contributed by atoms with van der Waals surface area (Å²) in [6, 6.07) is 13.3. The molecule has 0 spiro atoms.